The Labute approximate surface area is 102 Å². The summed E-state index contributed by atoms with van der Waals surface area (Å²) in [7, 11) is 0. The molecule has 2 heteroatoms. The molecule has 0 amide bonds. The predicted octanol–water partition coefficient (Wildman–Crippen LogP) is 2.86. The Morgan fingerprint density at radius 2 is 2.18 bits per heavy atom. The Balaban J connectivity index is 1.78. The minimum absolute atomic E-state index is 0.102. The molecule has 1 fully saturated rings. The summed E-state index contributed by atoms with van der Waals surface area (Å²) in [6.07, 6.45) is 6.52. The van der Waals surface area contributed by atoms with E-state index in [-0.39, 0.29) is 5.82 Å². The molecule has 1 aliphatic carbocycles. The van der Waals surface area contributed by atoms with Gasteiger partial charge in [0.15, 0.2) is 0 Å². The van der Waals surface area contributed by atoms with Gasteiger partial charge < -0.3 is 5.32 Å². The van der Waals surface area contributed by atoms with Crippen molar-refractivity contribution in [2.75, 3.05) is 13.1 Å². The van der Waals surface area contributed by atoms with E-state index in [1.54, 1.807) is 0 Å². The standard InChI is InChI=1S/C15H20FN/c16-15-13(9-11-3-2-8-17-10-11)7-6-12-4-1-5-14(12)15/h6-7,11,17H,1-5,8-10H2. The highest BCUT2D eigenvalue weighted by atomic mass is 19.1. The zero-order chi connectivity index (χ0) is 11.7. The van der Waals surface area contributed by atoms with E-state index < -0.39 is 0 Å². The third-order valence-corrected chi connectivity index (χ3v) is 4.20. The molecule has 0 saturated carbocycles. The van der Waals surface area contributed by atoms with Crippen LogP contribution < -0.4 is 5.32 Å². The summed E-state index contributed by atoms with van der Waals surface area (Å²) in [6.45, 7) is 2.18. The molecule has 2 aliphatic rings. The summed E-state index contributed by atoms with van der Waals surface area (Å²) in [5.74, 6) is 0.725. The van der Waals surface area contributed by atoms with Crippen molar-refractivity contribution in [1.82, 2.24) is 5.32 Å². The fraction of sp³-hybridized carbons (Fsp3) is 0.600. The van der Waals surface area contributed by atoms with Crippen molar-refractivity contribution in [3.63, 3.8) is 0 Å². The smallest absolute Gasteiger partial charge is 0.129 e. The van der Waals surface area contributed by atoms with Crippen LogP contribution >= 0.6 is 0 Å². The number of piperidine rings is 1. The number of nitrogens with one attached hydrogen (secondary N) is 1. The van der Waals surface area contributed by atoms with Crippen LogP contribution in [-0.2, 0) is 19.3 Å². The molecule has 0 spiro atoms. The molecule has 1 aromatic rings. The Morgan fingerprint density at radius 1 is 1.24 bits per heavy atom. The summed E-state index contributed by atoms with van der Waals surface area (Å²) in [4.78, 5) is 0. The van der Waals surface area contributed by atoms with E-state index in [2.05, 4.69) is 11.4 Å². The van der Waals surface area contributed by atoms with Crippen LogP contribution in [0.2, 0.25) is 0 Å². The summed E-state index contributed by atoms with van der Waals surface area (Å²) >= 11 is 0. The average Bonchev–Trinajstić information content (AvgIpc) is 2.83. The number of aryl methyl sites for hydroxylation is 1. The van der Waals surface area contributed by atoms with Gasteiger partial charge >= 0.3 is 0 Å². The second-order valence-corrected chi connectivity index (χ2v) is 5.45. The molecule has 1 heterocycles. The predicted molar refractivity (Wildman–Crippen MR) is 67.7 cm³/mol. The highest BCUT2D eigenvalue weighted by Gasteiger charge is 2.20. The van der Waals surface area contributed by atoms with Gasteiger partial charge in [0.25, 0.3) is 0 Å². The molecule has 1 aromatic carbocycles. The van der Waals surface area contributed by atoms with Crippen molar-refractivity contribution in [2.24, 2.45) is 5.92 Å². The van der Waals surface area contributed by atoms with Crippen LogP contribution in [0.5, 0.6) is 0 Å². The van der Waals surface area contributed by atoms with Gasteiger partial charge in [-0.05, 0) is 74.2 Å². The summed E-state index contributed by atoms with van der Waals surface area (Å²) in [5, 5.41) is 3.40. The van der Waals surface area contributed by atoms with E-state index in [0.29, 0.717) is 5.92 Å². The molecule has 92 valence electrons. The monoisotopic (exact) mass is 233 g/mol. The zero-order valence-corrected chi connectivity index (χ0v) is 10.3. The van der Waals surface area contributed by atoms with Gasteiger partial charge in [-0.25, -0.2) is 4.39 Å². The van der Waals surface area contributed by atoms with Crippen LogP contribution in [0.4, 0.5) is 4.39 Å². The lowest BCUT2D eigenvalue weighted by Gasteiger charge is -2.23. The van der Waals surface area contributed by atoms with E-state index in [0.717, 1.165) is 49.9 Å². The fourth-order valence-corrected chi connectivity index (χ4v) is 3.24. The average molecular weight is 233 g/mol. The first-order valence-electron chi connectivity index (χ1n) is 6.84. The molecule has 1 unspecified atom stereocenters. The van der Waals surface area contributed by atoms with Crippen LogP contribution in [0.15, 0.2) is 12.1 Å². The number of rotatable bonds is 2. The lowest BCUT2D eigenvalue weighted by Crippen LogP contribution is -2.31. The molecule has 1 atom stereocenters. The minimum Gasteiger partial charge on any atom is -0.316 e. The minimum atomic E-state index is 0.102. The van der Waals surface area contributed by atoms with Gasteiger partial charge in [-0.15, -0.1) is 0 Å². The van der Waals surface area contributed by atoms with Gasteiger partial charge in [-0.3, -0.25) is 0 Å². The van der Waals surface area contributed by atoms with Gasteiger partial charge in [0, 0.05) is 0 Å². The SMILES string of the molecule is Fc1c(CC2CCCNC2)ccc2c1CCC2. The molecular formula is C15H20FN. The van der Waals surface area contributed by atoms with Crippen molar-refractivity contribution in [2.45, 2.75) is 38.5 Å². The second-order valence-electron chi connectivity index (χ2n) is 5.45. The highest BCUT2D eigenvalue weighted by Crippen LogP contribution is 2.28. The van der Waals surface area contributed by atoms with E-state index in [1.807, 2.05) is 6.07 Å². The molecule has 1 N–H and O–H groups in total. The molecule has 1 aliphatic heterocycles. The maximum absolute atomic E-state index is 14.3. The van der Waals surface area contributed by atoms with Crippen LogP contribution in [0.25, 0.3) is 0 Å². The second kappa shape index (κ2) is 4.77. The summed E-state index contributed by atoms with van der Waals surface area (Å²) < 4.78 is 14.3. The van der Waals surface area contributed by atoms with Crippen molar-refractivity contribution < 1.29 is 4.39 Å². The molecule has 0 aromatic heterocycles. The Bertz CT molecular complexity index is 408. The van der Waals surface area contributed by atoms with Crippen LogP contribution in [-0.4, -0.2) is 13.1 Å². The van der Waals surface area contributed by atoms with E-state index in [1.165, 1.54) is 18.4 Å². The largest absolute Gasteiger partial charge is 0.316 e. The zero-order valence-electron chi connectivity index (χ0n) is 10.3. The topological polar surface area (TPSA) is 12.0 Å². The van der Waals surface area contributed by atoms with Gasteiger partial charge in [-0.1, -0.05) is 12.1 Å². The summed E-state index contributed by atoms with van der Waals surface area (Å²) in [5.41, 5.74) is 3.19. The fourth-order valence-electron chi connectivity index (χ4n) is 3.24. The van der Waals surface area contributed by atoms with E-state index in [9.17, 15) is 4.39 Å². The lowest BCUT2D eigenvalue weighted by molar-refractivity contribution is 0.371. The van der Waals surface area contributed by atoms with Crippen LogP contribution in [0.3, 0.4) is 0 Å². The maximum Gasteiger partial charge on any atom is 0.129 e. The summed E-state index contributed by atoms with van der Waals surface area (Å²) in [6, 6.07) is 4.17. The van der Waals surface area contributed by atoms with Gasteiger partial charge in [0.05, 0.1) is 0 Å². The van der Waals surface area contributed by atoms with Crippen LogP contribution in [0.1, 0.15) is 36.0 Å². The van der Waals surface area contributed by atoms with Crippen molar-refractivity contribution >= 4 is 0 Å². The van der Waals surface area contributed by atoms with Crippen molar-refractivity contribution in [3.05, 3.63) is 34.6 Å². The third-order valence-electron chi connectivity index (χ3n) is 4.20. The number of fused-ring (bicyclic) bond motifs is 1. The van der Waals surface area contributed by atoms with E-state index >= 15 is 0 Å². The Morgan fingerprint density at radius 3 is 3.00 bits per heavy atom. The molecule has 17 heavy (non-hydrogen) atoms. The first-order chi connectivity index (χ1) is 8.34. The quantitative estimate of drug-likeness (QED) is 0.828. The van der Waals surface area contributed by atoms with Crippen molar-refractivity contribution in [3.8, 4) is 0 Å². The molecule has 1 saturated heterocycles. The Hall–Kier alpha value is -0.890. The number of hydrogen-bond donors (Lipinski definition) is 1. The molecule has 0 bridgehead atoms. The number of hydrogen-bond acceptors (Lipinski definition) is 1. The normalized spacial score (nSPS) is 23.7. The highest BCUT2D eigenvalue weighted by molar-refractivity contribution is 5.37. The van der Waals surface area contributed by atoms with Crippen molar-refractivity contribution in [1.29, 1.82) is 0 Å². The first kappa shape index (κ1) is 11.2. The van der Waals surface area contributed by atoms with Gasteiger partial charge in [-0.2, -0.15) is 0 Å². The first-order valence-corrected chi connectivity index (χ1v) is 6.84. The van der Waals surface area contributed by atoms with E-state index in [4.69, 9.17) is 0 Å². The lowest BCUT2D eigenvalue weighted by atomic mass is 9.91. The molecular weight excluding hydrogens is 213 g/mol. The third kappa shape index (κ3) is 2.23. The maximum atomic E-state index is 14.3. The molecule has 0 radical (unpaired) electrons. The molecule has 1 nitrogen and oxygen atoms in total. The van der Waals surface area contributed by atoms with Crippen LogP contribution in [0, 0.1) is 11.7 Å². The number of halogens is 1. The van der Waals surface area contributed by atoms with Gasteiger partial charge in [0.1, 0.15) is 5.82 Å². The number of benzene rings is 1. The Kier molecular flexibility index (Phi) is 3.15. The molecule has 3 rings (SSSR count). The van der Waals surface area contributed by atoms with Gasteiger partial charge in [0.2, 0.25) is 0 Å².